The minimum Gasteiger partial charge on any atom is -0.392 e. The molecule has 0 amide bonds. The molecule has 108 valence electrons. The van der Waals surface area contributed by atoms with Gasteiger partial charge in [0.15, 0.2) is 0 Å². The molecule has 7 nitrogen and oxygen atoms in total. The molecule has 8 heteroatoms. The van der Waals surface area contributed by atoms with Gasteiger partial charge in [0.25, 0.3) is 0 Å². The van der Waals surface area contributed by atoms with Gasteiger partial charge in [0.2, 0.25) is 10.0 Å². The lowest BCUT2D eigenvalue weighted by molar-refractivity contribution is 0.278. The SMILES string of the molecule is CCn1cnnc1CNS(=O)(=O)c1ccccc1CO. The third-order valence-electron chi connectivity index (χ3n) is 2.89. The van der Waals surface area contributed by atoms with Crippen molar-refractivity contribution >= 4 is 10.0 Å². The molecule has 0 fully saturated rings. The molecule has 2 N–H and O–H groups in total. The largest absolute Gasteiger partial charge is 0.392 e. The topological polar surface area (TPSA) is 97.1 Å². The Labute approximate surface area is 117 Å². The Morgan fingerprint density at radius 2 is 2.10 bits per heavy atom. The molecule has 0 atom stereocenters. The van der Waals surface area contributed by atoms with Crippen molar-refractivity contribution in [2.75, 3.05) is 0 Å². The first-order valence-electron chi connectivity index (χ1n) is 6.13. The van der Waals surface area contributed by atoms with Crippen molar-refractivity contribution in [3.05, 3.63) is 42.0 Å². The lowest BCUT2D eigenvalue weighted by Gasteiger charge is -2.10. The van der Waals surface area contributed by atoms with Crippen LogP contribution >= 0.6 is 0 Å². The molecule has 0 aliphatic heterocycles. The Balaban J connectivity index is 2.19. The van der Waals surface area contributed by atoms with Crippen LogP contribution in [0.4, 0.5) is 0 Å². The fourth-order valence-electron chi connectivity index (χ4n) is 1.81. The van der Waals surface area contributed by atoms with Gasteiger partial charge in [-0.2, -0.15) is 0 Å². The standard InChI is InChI=1S/C12H16N4O3S/c1-2-16-9-13-15-12(16)7-14-20(18,19)11-6-4-3-5-10(11)8-17/h3-6,9,14,17H,2,7-8H2,1H3. The highest BCUT2D eigenvalue weighted by atomic mass is 32.2. The van der Waals surface area contributed by atoms with Crippen LogP contribution in [-0.2, 0) is 29.7 Å². The average molecular weight is 296 g/mol. The number of hydrogen-bond donors (Lipinski definition) is 2. The molecule has 0 saturated carbocycles. The number of nitrogens with one attached hydrogen (secondary N) is 1. The fourth-order valence-corrected chi connectivity index (χ4v) is 3.02. The van der Waals surface area contributed by atoms with Gasteiger partial charge >= 0.3 is 0 Å². The van der Waals surface area contributed by atoms with E-state index >= 15 is 0 Å². The predicted octanol–water partition coefficient (Wildman–Crippen LogP) is 0.269. The van der Waals surface area contributed by atoms with Gasteiger partial charge in [0.05, 0.1) is 18.0 Å². The van der Waals surface area contributed by atoms with E-state index in [1.54, 1.807) is 29.1 Å². The van der Waals surface area contributed by atoms with Crippen LogP contribution in [0, 0.1) is 0 Å². The summed E-state index contributed by atoms with van der Waals surface area (Å²) in [6, 6.07) is 6.32. The van der Waals surface area contributed by atoms with Gasteiger partial charge in [-0.25, -0.2) is 13.1 Å². The lowest BCUT2D eigenvalue weighted by Crippen LogP contribution is -2.26. The van der Waals surface area contributed by atoms with Gasteiger partial charge in [-0.15, -0.1) is 10.2 Å². The molecule has 0 spiro atoms. The molecular formula is C12H16N4O3S. The van der Waals surface area contributed by atoms with E-state index in [0.29, 0.717) is 17.9 Å². The predicted molar refractivity (Wildman–Crippen MR) is 72.1 cm³/mol. The summed E-state index contributed by atoms with van der Waals surface area (Å²) in [7, 11) is -3.70. The summed E-state index contributed by atoms with van der Waals surface area (Å²) in [5, 5.41) is 16.8. The van der Waals surface area contributed by atoms with Crippen LogP contribution in [-0.4, -0.2) is 28.3 Å². The molecule has 0 unspecified atom stereocenters. The molecule has 1 aromatic heterocycles. The number of aliphatic hydroxyl groups is 1. The van der Waals surface area contributed by atoms with Gasteiger partial charge < -0.3 is 9.67 Å². The summed E-state index contributed by atoms with van der Waals surface area (Å²) in [5.41, 5.74) is 0.358. The molecule has 0 saturated heterocycles. The Bertz CT molecular complexity index is 682. The van der Waals surface area contributed by atoms with Crippen molar-refractivity contribution in [2.24, 2.45) is 0 Å². The number of aliphatic hydroxyl groups excluding tert-OH is 1. The van der Waals surface area contributed by atoms with E-state index in [1.165, 1.54) is 6.07 Å². The zero-order chi connectivity index (χ0) is 14.6. The van der Waals surface area contributed by atoms with Gasteiger partial charge in [0.1, 0.15) is 12.2 Å². The number of benzene rings is 1. The van der Waals surface area contributed by atoms with Crippen LogP contribution in [0.1, 0.15) is 18.3 Å². The minimum atomic E-state index is -3.70. The molecule has 1 heterocycles. The number of hydrogen-bond acceptors (Lipinski definition) is 5. The van der Waals surface area contributed by atoms with E-state index in [-0.39, 0.29) is 18.0 Å². The van der Waals surface area contributed by atoms with Gasteiger partial charge in [0, 0.05) is 6.54 Å². The third kappa shape index (κ3) is 3.03. The quantitative estimate of drug-likeness (QED) is 0.797. The summed E-state index contributed by atoms with van der Waals surface area (Å²) >= 11 is 0. The van der Waals surface area contributed by atoms with Gasteiger partial charge in [-0.3, -0.25) is 0 Å². The summed E-state index contributed by atoms with van der Waals surface area (Å²) in [6.45, 7) is 2.30. The van der Waals surface area contributed by atoms with E-state index in [9.17, 15) is 13.5 Å². The molecule has 0 aliphatic rings. The van der Waals surface area contributed by atoms with E-state index in [1.807, 2.05) is 6.92 Å². The molecule has 0 bridgehead atoms. The fraction of sp³-hybridized carbons (Fsp3) is 0.333. The van der Waals surface area contributed by atoms with Crippen LogP contribution < -0.4 is 4.72 Å². The van der Waals surface area contributed by atoms with Crippen molar-refractivity contribution in [3.63, 3.8) is 0 Å². The monoisotopic (exact) mass is 296 g/mol. The van der Waals surface area contributed by atoms with E-state index in [0.717, 1.165) is 0 Å². The highest BCUT2D eigenvalue weighted by Gasteiger charge is 2.18. The number of rotatable bonds is 6. The maximum atomic E-state index is 12.2. The van der Waals surface area contributed by atoms with Crippen molar-refractivity contribution in [1.29, 1.82) is 0 Å². The first-order valence-corrected chi connectivity index (χ1v) is 7.62. The van der Waals surface area contributed by atoms with E-state index in [4.69, 9.17) is 0 Å². The van der Waals surface area contributed by atoms with Crippen LogP contribution in [0.2, 0.25) is 0 Å². The molecule has 1 aromatic carbocycles. The second kappa shape index (κ2) is 6.12. The van der Waals surface area contributed by atoms with Gasteiger partial charge in [-0.1, -0.05) is 18.2 Å². The molecule has 0 radical (unpaired) electrons. The van der Waals surface area contributed by atoms with Crippen LogP contribution in [0.5, 0.6) is 0 Å². The smallest absolute Gasteiger partial charge is 0.241 e. The minimum absolute atomic E-state index is 0.0515. The van der Waals surface area contributed by atoms with Crippen molar-refractivity contribution in [1.82, 2.24) is 19.5 Å². The number of aromatic nitrogens is 3. The summed E-state index contributed by atoms with van der Waals surface area (Å²) < 4.78 is 28.7. The van der Waals surface area contributed by atoms with E-state index in [2.05, 4.69) is 14.9 Å². The van der Waals surface area contributed by atoms with Crippen LogP contribution in [0.3, 0.4) is 0 Å². The maximum Gasteiger partial charge on any atom is 0.241 e. The summed E-state index contributed by atoms with van der Waals surface area (Å²) in [6.07, 6.45) is 1.55. The molecule has 2 rings (SSSR count). The first kappa shape index (κ1) is 14.6. The number of sulfonamides is 1. The second-order valence-electron chi connectivity index (χ2n) is 4.12. The molecule has 20 heavy (non-hydrogen) atoms. The third-order valence-corrected chi connectivity index (χ3v) is 4.39. The zero-order valence-electron chi connectivity index (χ0n) is 11.0. The van der Waals surface area contributed by atoms with E-state index < -0.39 is 10.0 Å². The Hall–Kier alpha value is -1.77. The summed E-state index contributed by atoms with van der Waals surface area (Å²) in [5.74, 6) is 0.539. The maximum absolute atomic E-state index is 12.2. The number of aryl methyl sites for hydroxylation is 1. The first-order chi connectivity index (χ1) is 9.58. The van der Waals surface area contributed by atoms with Crippen molar-refractivity contribution in [2.45, 2.75) is 31.5 Å². The van der Waals surface area contributed by atoms with Gasteiger partial charge in [-0.05, 0) is 18.6 Å². The van der Waals surface area contributed by atoms with Crippen LogP contribution in [0.15, 0.2) is 35.5 Å². The second-order valence-corrected chi connectivity index (χ2v) is 5.86. The Kier molecular flexibility index (Phi) is 4.48. The van der Waals surface area contributed by atoms with Crippen molar-refractivity contribution < 1.29 is 13.5 Å². The molecule has 2 aromatic rings. The van der Waals surface area contributed by atoms with Crippen molar-refractivity contribution in [3.8, 4) is 0 Å². The van der Waals surface area contributed by atoms with Crippen LogP contribution in [0.25, 0.3) is 0 Å². The Morgan fingerprint density at radius 1 is 1.35 bits per heavy atom. The number of nitrogens with zero attached hydrogens (tertiary/aromatic N) is 3. The zero-order valence-corrected chi connectivity index (χ0v) is 11.8. The molecule has 0 aliphatic carbocycles. The normalized spacial score (nSPS) is 11.7. The highest BCUT2D eigenvalue weighted by Crippen LogP contribution is 2.15. The summed E-state index contributed by atoms with van der Waals surface area (Å²) in [4.78, 5) is 0.0741. The molecular weight excluding hydrogens is 280 g/mol. The lowest BCUT2D eigenvalue weighted by atomic mass is 10.2. The highest BCUT2D eigenvalue weighted by molar-refractivity contribution is 7.89. The Morgan fingerprint density at radius 3 is 2.80 bits per heavy atom. The average Bonchev–Trinajstić information content (AvgIpc) is 2.92.